The number of likely N-dealkylation sites (tertiary alicyclic amines) is 1. The first-order chi connectivity index (χ1) is 17.1. The predicted octanol–water partition coefficient (Wildman–Crippen LogP) is -0.281. The highest BCUT2D eigenvalue weighted by Gasteiger charge is 2.37. The van der Waals surface area contributed by atoms with Crippen LogP contribution in [0, 0.1) is 11.3 Å². The topological polar surface area (TPSA) is 235 Å². The second-order valence-corrected chi connectivity index (χ2v) is 9.16. The van der Waals surface area contributed by atoms with Gasteiger partial charge in [-0.3, -0.25) is 24.8 Å². The number of hydrogen-bond donors (Lipinski definition) is 6. The monoisotopic (exact) mass is 508 g/mol. The first-order valence-corrected chi connectivity index (χ1v) is 12.2. The van der Waals surface area contributed by atoms with E-state index in [1.165, 1.54) is 4.90 Å². The van der Waals surface area contributed by atoms with Gasteiger partial charge in [-0.25, -0.2) is 0 Å². The Morgan fingerprint density at radius 3 is 2.50 bits per heavy atom. The van der Waals surface area contributed by atoms with E-state index < -0.39 is 29.9 Å². The van der Waals surface area contributed by atoms with E-state index in [4.69, 9.17) is 22.7 Å². The lowest BCUT2D eigenvalue weighted by molar-refractivity contribution is -0.145. The number of nitrogens with one attached hydrogen (secondary N) is 3. The molecule has 202 valence electrons. The Balaban J connectivity index is 2.95. The van der Waals surface area contributed by atoms with Crippen LogP contribution in [0.1, 0.15) is 65.2 Å². The molecule has 0 saturated carbocycles. The molecule has 0 spiro atoms. The summed E-state index contributed by atoms with van der Waals surface area (Å²) in [7, 11) is 0. The Kier molecular flexibility index (Phi) is 13.7. The Morgan fingerprint density at radius 2 is 1.89 bits per heavy atom. The van der Waals surface area contributed by atoms with Gasteiger partial charge in [-0.05, 0) is 44.4 Å². The Hall–Kier alpha value is -3.58. The largest absolute Gasteiger partial charge is 0.370 e. The van der Waals surface area contributed by atoms with Crippen LogP contribution in [-0.2, 0) is 19.2 Å². The molecule has 1 aliphatic heterocycles. The van der Waals surface area contributed by atoms with Gasteiger partial charge in [-0.2, -0.15) is 0 Å². The molecule has 0 aromatic rings. The van der Waals surface area contributed by atoms with Crippen molar-refractivity contribution in [1.29, 1.82) is 5.41 Å². The molecule has 1 heterocycles. The van der Waals surface area contributed by atoms with Gasteiger partial charge in [0.2, 0.25) is 17.7 Å². The maximum atomic E-state index is 13.5. The number of nitrogens with two attached hydrogens (primary N) is 3. The maximum absolute atomic E-state index is 13.5. The number of amidine groups is 1. The fraction of sp³-hybridized carbons (Fsp3) is 0.727. The highest BCUT2D eigenvalue weighted by Crippen LogP contribution is 2.20. The van der Waals surface area contributed by atoms with Gasteiger partial charge in [0.05, 0.1) is 6.04 Å². The summed E-state index contributed by atoms with van der Waals surface area (Å²) in [5, 5.41) is 19.8. The van der Waals surface area contributed by atoms with E-state index >= 15 is 0 Å². The van der Waals surface area contributed by atoms with Crippen LogP contribution >= 0.6 is 0 Å². The molecule has 1 saturated heterocycles. The van der Waals surface area contributed by atoms with Crippen LogP contribution in [0.2, 0.25) is 0 Å². The first-order valence-electron chi connectivity index (χ1n) is 12.2. The minimum atomic E-state index is -1.10. The van der Waals surface area contributed by atoms with E-state index in [0.717, 1.165) is 6.42 Å². The number of nitrogens with zero attached hydrogens (tertiary/aromatic N) is 4. The van der Waals surface area contributed by atoms with E-state index in [9.17, 15) is 19.2 Å². The van der Waals surface area contributed by atoms with Gasteiger partial charge in [-0.15, -0.1) is 5.11 Å². The van der Waals surface area contributed by atoms with Crippen molar-refractivity contribution in [2.75, 3.05) is 13.1 Å². The number of amides is 3. The van der Waals surface area contributed by atoms with Crippen molar-refractivity contribution >= 4 is 35.8 Å². The van der Waals surface area contributed by atoms with Gasteiger partial charge < -0.3 is 37.6 Å². The van der Waals surface area contributed by atoms with Gasteiger partial charge in [0, 0.05) is 25.9 Å². The van der Waals surface area contributed by atoms with E-state index in [-0.39, 0.29) is 30.5 Å². The molecule has 0 bridgehead atoms. The molecular formula is C22H40N10O4. The highest BCUT2D eigenvalue weighted by atomic mass is 16.2. The number of piperidine rings is 1. The lowest BCUT2D eigenvalue weighted by Gasteiger charge is -2.37. The summed E-state index contributed by atoms with van der Waals surface area (Å²) in [5.41, 5.74) is 10.6. The van der Waals surface area contributed by atoms with Crippen molar-refractivity contribution in [3.05, 3.63) is 0 Å². The summed E-state index contributed by atoms with van der Waals surface area (Å²) in [6.45, 7) is 4.59. The number of hydrogen-bond acceptors (Lipinski definition) is 7. The number of aldehydes is 1. The zero-order valence-corrected chi connectivity index (χ0v) is 21.1. The molecule has 1 aliphatic rings. The number of aliphatic imine (C=N–C) groups is 1. The summed E-state index contributed by atoms with van der Waals surface area (Å²) in [4.78, 5) is 55.8. The molecule has 14 heteroatoms. The third-order valence-electron chi connectivity index (χ3n) is 5.71. The zero-order chi connectivity index (χ0) is 27.1. The number of guanidine groups is 1. The molecule has 0 aromatic heterocycles. The average Bonchev–Trinajstić information content (AvgIpc) is 2.83. The molecule has 1 fully saturated rings. The quantitative estimate of drug-likeness (QED) is 0.0348. The van der Waals surface area contributed by atoms with Crippen LogP contribution in [0.5, 0.6) is 0 Å². The second kappa shape index (κ2) is 16.2. The van der Waals surface area contributed by atoms with E-state index in [1.54, 1.807) is 0 Å². The fourth-order valence-corrected chi connectivity index (χ4v) is 3.83. The van der Waals surface area contributed by atoms with Crippen LogP contribution in [0.15, 0.2) is 15.3 Å². The molecule has 14 nitrogen and oxygen atoms in total. The average molecular weight is 509 g/mol. The lowest BCUT2D eigenvalue weighted by atomic mass is 9.98. The lowest BCUT2D eigenvalue weighted by Crippen LogP contribution is -2.58. The maximum Gasteiger partial charge on any atom is 0.246 e. The van der Waals surface area contributed by atoms with Gasteiger partial charge in [0.15, 0.2) is 5.96 Å². The van der Waals surface area contributed by atoms with Gasteiger partial charge in [0.25, 0.3) is 0 Å². The molecular weight excluding hydrogens is 468 g/mol. The summed E-state index contributed by atoms with van der Waals surface area (Å²) < 4.78 is 0. The summed E-state index contributed by atoms with van der Waals surface area (Å²) in [6.07, 6.45) is 3.90. The third kappa shape index (κ3) is 11.2. The van der Waals surface area contributed by atoms with Crippen LogP contribution in [0.3, 0.4) is 0 Å². The zero-order valence-electron chi connectivity index (χ0n) is 21.1. The van der Waals surface area contributed by atoms with Gasteiger partial charge in [0.1, 0.15) is 24.2 Å². The fourth-order valence-electron chi connectivity index (χ4n) is 3.83. The van der Waals surface area contributed by atoms with Crippen molar-refractivity contribution in [2.24, 2.45) is 38.6 Å². The molecule has 1 unspecified atom stereocenters. The number of carbonyl (C=O) groups is 4. The molecule has 9 N–H and O–H groups in total. The van der Waals surface area contributed by atoms with Crippen molar-refractivity contribution in [3.8, 4) is 0 Å². The third-order valence-corrected chi connectivity index (χ3v) is 5.71. The molecule has 3 amide bonds. The SMILES string of the molecule is CC(C)CCC(=O)N[C@@H](CC(=N)N=NN)C(=O)N1CCCCC1C(=O)N[C@H](C=O)CCCN=C(N)N. The predicted molar refractivity (Wildman–Crippen MR) is 135 cm³/mol. The molecule has 0 radical (unpaired) electrons. The van der Waals surface area contributed by atoms with Crippen molar-refractivity contribution in [3.63, 3.8) is 0 Å². The molecule has 0 aliphatic carbocycles. The number of rotatable bonds is 14. The standard InChI is InChI=1S/C22H40N10O4/c1-14(2)8-9-19(34)29-16(12-18(23)30-31-26)21(36)32-11-4-3-7-17(32)20(35)28-15(13-33)6-5-10-27-22(24)25/h13-17H,3-12H2,1-2H3,(H,28,35)(H,29,34)(H3,23,26,30)(H4,24,25,27)/t15-,16-,17?/m0/s1. The van der Waals surface area contributed by atoms with Gasteiger partial charge >= 0.3 is 0 Å². The van der Waals surface area contributed by atoms with Crippen LogP contribution in [0.4, 0.5) is 0 Å². The van der Waals surface area contributed by atoms with E-state index in [1.807, 2.05) is 13.8 Å². The normalized spacial score (nSPS) is 17.3. The summed E-state index contributed by atoms with van der Waals surface area (Å²) >= 11 is 0. The minimum absolute atomic E-state index is 0.0510. The van der Waals surface area contributed by atoms with Crippen molar-refractivity contribution in [2.45, 2.75) is 83.3 Å². The van der Waals surface area contributed by atoms with E-state index in [0.29, 0.717) is 57.4 Å². The molecule has 3 atom stereocenters. The Bertz CT molecular complexity index is 826. The van der Waals surface area contributed by atoms with E-state index in [2.05, 4.69) is 26.0 Å². The Morgan fingerprint density at radius 1 is 1.17 bits per heavy atom. The minimum Gasteiger partial charge on any atom is -0.370 e. The molecule has 1 rings (SSSR count). The second-order valence-electron chi connectivity index (χ2n) is 9.16. The number of carbonyl (C=O) groups excluding carboxylic acids is 4. The van der Waals surface area contributed by atoms with Crippen LogP contribution < -0.4 is 27.9 Å². The van der Waals surface area contributed by atoms with Crippen molar-refractivity contribution in [1.82, 2.24) is 15.5 Å². The van der Waals surface area contributed by atoms with Crippen LogP contribution in [0.25, 0.3) is 0 Å². The van der Waals surface area contributed by atoms with Gasteiger partial charge in [-0.1, -0.05) is 19.1 Å². The molecule has 0 aromatic carbocycles. The summed E-state index contributed by atoms with van der Waals surface area (Å²) in [5.74, 6) is 3.70. The summed E-state index contributed by atoms with van der Waals surface area (Å²) in [6, 6.07) is -2.67. The van der Waals surface area contributed by atoms with Crippen LogP contribution in [-0.4, -0.2) is 71.9 Å². The highest BCUT2D eigenvalue weighted by molar-refractivity contribution is 5.96. The smallest absolute Gasteiger partial charge is 0.246 e. The Labute approximate surface area is 211 Å². The molecule has 36 heavy (non-hydrogen) atoms. The first kappa shape index (κ1) is 30.5. The van der Waals surface area contributed by atoms with Crippen molar-refractivity contribution < 1.29 is 19.2 Å².